The molecule has 0 atom stereocenters. The maximum atomic E-state index is 13.3. The molecule has 0 saturated carbocycles. The first kappa shape index (κ1) is 22.5. The molecule has 1 N–H and O–H groups in total. The quantitative estimate of drug-likeness (QED) is 0.464. The first-order valence-electron chi connectivity index (χ1n) is 10.4. The number of aromatic nitrogens is 4. The first-order valence-corrected chi connectivity index (χ1v) is 10.8. The van der Waals surface area contributed by atoms with Gasteiger partial charge in [0.1, 0.15) is 0 Å². The smallest absolute Gasteiger partial charge is 0.328 e. The number of amides is 1. The van der Waals surface area contributed by atoms with Crippen molar-refractivity contribution >= 4 is 28.4 Å². The van der Waals surface area contributed by atoms with Gasteiger partial charge < -0.3 is 14.3 Å². The summed E-state index contributed by atoms with van der Waals surface area (Å²) in [6.07, 6.45) is 0. The molecular weight excluding hydrogens is 446 g/mol. The third-order valence-corrected chi connectivity index (χ3v) is 5.64. The summed E-state index contributed by atoms with van der Waals surface area (Å²) in [7, 11) is 0. The number of carbonyl (C=O) groups excluding carboxylic acids is 1. The molecule has 0 spiro atoms. The van der Waals surface area contributed by atoms with E-state index in [1.807, 2.05) is 19.9 Å². The van der Waals surface area contributed by atoms with Crippen LogP contribution in [0.5, 0.6) is 0 Å². The van der Waals surface area contributed by atoms with Crippen molar-refractivity contribution in [1.29, 1.82) is 0 Å². The monoisotopic (exact) mass is 467 g/mol. The van der Waals surface area contributed by atoms with Crippen molar-refractivity contribution in [1.82, 2.24) is 24.6 Å². The van der Waals surface area contributed by atoms with Crippen molar-refractivity contribution in [3.05, 3.63) is 79.8 Å². The van der Waals surface area contributed by atoms with Gasteiger partial charge in [-0.25, -0.2) is 4.79 Å². The summed E-state index contributed by atoms with van der Waals surface area (Å²) in [4.78, 5) is 42.2. The fourth-order valence-corrected chi connectivity index (χ4v) is 3.75. The Morgan fingerprint density at radius 2 is 1.94 bits per heavy atom. The molecule has 2 aromatic carbocycles. The minimum Gasteiger partial charge on any atom is -0.419 e. The van der Waals surface area contributed by atoms with Crippen LogP contribution in [0.25, 0.3) is 22.4 Å². The van der Waals surface area contributed by atoms with Gasteiger partial charge in [0.15, 0.2) is 0 Å². The van der Waals surface area contributed by atoms with Gasteiger partial charge >= 0.3 is 5.69 Å². The van der Waals surface area contributed by atoms with E-state index in [4.69, 9.17) is 16.0 Å². The van der Waals surface area contributed by atoms with Crippen molar-refractivity contribution < 1.29 is 9.21 Å². The van der Waals surface area contributed by atoms with Gasteiger partial charge in [0.05, 0.1) is 28.0 Å². The molecular formula is C23H22ClN5O4. The van der Waals surface area contributed by atoms with Crippen LogP contribution in [0, 0.1) is 0 Å². The zero-order chi connectivity index (χ0) is 23.7. The second-order valence-corrected chi connectivity index (χ2v) is 8.15. The minimum atomic E-state index is -0.515. The maximum Gasteiger partial charge on any atom is 0.328 e. The van der Waals surface area contributed by atoms with E-state index < -0.39 is 11.2 Å². The molecule has 9 nitrogen and oxygen atoms in total. The third kappa shape index (κ3) is 4.31. The molecule has 10 heteroatoms. The van der Waals surface area contributed by atoms with Crippen LogP contribution in [0.1, 0.15) is 37.0 Å². The van der Waals surface area contributed by atoms with E-state index >= 15 is 0 Å². The number of H-pyrrole nitrogens is 1. The molecule has 4 aromatic rings. The van der Waals surface area contributed by atoms with E-state index in [1.165, 1.54) is 6.07 Å². The third-order valence-electron chi connectivity index (χ3n) is 5.31. The van der Waals surface area contributed by atoms with Crippen LogP contribution in [0.4, 0.5) is 0 Å². The Kier molecular flexibility index (Phi) is 6.15. The molecule has 2 aromatic heterocycles. The summed E-state index contributed by atoms with van der Waals surface area (Å²) in [6.45, 7) is 5.79. The highest BCUT2D eigenvalue weighted by molar-refractivity contribution is 6.33. The van der Waals surface area contributed by atoms with Crippen LogP contribution < -0.4 is 11.2 Å². The molecule has 170 valence electrons. The van der Waals surface area contributed by atoms with Gasteiger partial charge in [0.25, 0.3) is 11.5 Å². The van der Waals surface area contributed by atoms with Crippen molar-refractivity contribution in [2.45, 2.75) is 39.9 Å². The summed E-state index contributed by atoms with van der Waals surface area (Å²) in [5.74, 6) is 0.221. The van der Waals surface area contributed by atoms with Gasteiger partial charge in [0.2, 0.25) is 11.8 Å². The van der Waals surface area contributed by atoms with E-state index in [2.05, 4.69) is 15.2 Å². The fraction of sp³-hybridized carbons (Fsp3) is 0.261. The summed E-state index contributed by atoms with van der Waals surface area (Å²) in [5, 5.41) is 8.94. The Hall–Kier alpha value is -3.72. The zero-order valence-electron chi connectivity index (χ0n) is 18.3. The second kappa shape index (κ2) is 9.03. The van der Waals surface area contributed by atoms with Gasteiger partial charge in [-0.15, -0.1) is 10.2 Å². The topological polar surface area (TPSA) is 114 Å². The van der Waals surface area contributed by atoms with Gasteiger partial charge in [-0.05, 0) is 51.1 Å². The summed E-state index contributed by atoms with van der Waals surface area (Å²) >= 11 is 6.20. The van der Waals surface area contributed by atoms with Gasteiger partial charge in [0, 0.05) is 18.2 Å². The Labute approximate surface area is 193 Å². The normalized spacial score (nSPS) is 11.3. The fourth-order valence-electron chi connectivity index (χ4n) is 3.54. The summed E-state index contributed by atoms with van der Waals surface area (Å²) < 4.78 is 6.86. The number of hydrogen-bond donors (Lipinski definition) is 1. The number of halogens is 1. The predicted molar refractivity (Wildman–Crippen MR) is 124 cm³/mol. The zero-order valence-corrected chi connectivity index (χ0v) is 19.1. The summed E-state index contributed by atoms with van der Waals surface area (Å²) in [6, 6.07) is 11.6. The number of hydrogen-bond acceptors (Lipinski definition) is 6. The molecule has 0 aliphatic heterocycles. The van der Waals surface area contributed by atoms with Crippen LogP contribution in [-0.2, 0) is 13.1 Å². The Morgan fingerprint density at radius 3 is 2.64 bits per heavy atom. The number of nitrogens with one attached hydrogen (secondary N) is 1. The van der Waals surface area contributed by atoms with E-state index in [9.17, 15) is 14.4 Å². The van der Waals surface area contributed by atoms with Crippen LogP contribution in [0.2, 0.25) is 5.02 Å². The number of rotatable bonds is 6. The predicted octanol–water partition coefficient (Wildman–Crippen LogP) is 3.46. The number of carbonyl (C=O) groups is 1. The Bertz CT molecular complexity index is 1450. The number of fused-ring (bicyclic) bond motifs is 1. The highest BCUT2D eigenvalue weighted by atomic mass is 35.5. The van der Waals surface area contributed by atoms with Gasteiger partial charge in [-0.3, -0.25) is 14.2 Å². The lowest BCUT2D eigenvalue weighted by molar-refractivity contribution is 0.0672. The number of nitrogens with zero attached hydrogens (tertiary/aromatic N) is 4. The average molecular weight is 468 g/mol. The van der Waals surface area contributed by atoms with E-state index in [0.29, 0.717) is 27.1 Å². The lowest BCUT2D eigenvalue weighted by atomic mass is 10.1. The maximum absolute atomic E-state index is 13.3. The molecule has 0 bridgehead atoms. The van der Waals surface area contributed by atoms with Crippen LogP contribution in [0.3, 0.4) is 0 Å². The largest absolute Gasteiger partial charge is 0.419 e. The van der Waals surface area contributed by atoms with E-state index in [1.54, 1.807) is 42.2 Å². The number of aromatic amines is 1. The molecule has 4 rings (SSSR count). The molecule has 0 fully saturated rings. The van der Waals surface area contributed by atoms with Gasteiger partial charge in [-0.2, -0.15) is 0 Å². The van der Waals surface area contributed by atoms with Gasteiger partial charge in [-0.1, -0.05) is 23.7 Å². The van der Waals surface area contributed by atoms with Crippen molar-refractivity contribution in [2.75, 3.05) is 0 Å². The average Bonchev–Trinajstić information content (AvgIpc) is 3.25. The van der Waals surface area contributed by atoms with Crippen LogP contribution >= 0.6 is 11.6 Å². The molecule has 0 aliphatic carbocycles. The SMILES string of the molecule is CCn1c(=O)[nH]c2cc(C(=O)N(Cc3nnc(-c4ccccc4Cl)o3)C(C)C)ccc2c1=O. The van der Waals surface area contributed by atoms with Crippen molar-refractivity contribution in [2.24, 2.45) is 0 Å². The molecule has 2 heterocycles. The standard InChI is InChI=1S/C23H22ClN5O4/c1-4-28-22(31)16-10-9-14(11-18(16)25-23(28)32)21(30)29(13(2)3)12-19-26-27-20(33-19)15-7-5-6-8-17(15)24/h5-11,13H,4,12H2,1-3H3,(H,25,32). The highest BCUT2D eigenvalue weighted by Gasteiger charge is 2.23. The Balaban J connectivity index is 1.64. The molecule has 0 saturated heterocycles. The van der Waals surface area contributed by atoms with Crippen LogP contribution in [-0.4, -0.2) is 36.6 Å². The highest BCUT2D eigenvalue weighted by Crippen LogP contribution is 2.26. The van der Waals surface area contributed by atoms with E-state index in [-0.39, 0.29) is 36.8 Å². The lowest BCUT2D eigenvalue weighted by Crippen LogP contribution is -2.37. The summed E-state index contributed by atoms with van der Waals surface area (Å²) in [5.41, 5.74) is 0.332. The molecule has 33 heavy (non-hydrogen) atoms. The molecule has 0 unspecified atom stereocenters. The second-order valence-electron chi connectivity index (χ2n) is 7.75. The Morgan fingerprint density at radius 1 is 1.18 bits per heavy atom. The number of benzene rings is 2. The molecule has 0 radical (unpaired) electrons. The molecule has 0 aliphatic rings. The van der Waals surface area contributed by atoms with Crippen molar-refractivity contribution in [3.8, 4) is 11.5 Å². The van der Waals surface area contributed by atoms with Crippen molar-refractivity contribution in [3.63, 3.8) is 0 Å². The van der Waals surface area contributed by atoms with E-state index in [0.717, 1.165) is 4.57 Å². The van der Waals surface area contributed by atoms with Crippen LogP contribution in [0.15, 0.2) is 56.5 Å². The lowest BCUT2D eigenvalue weighted by Gasteiger charge is -2.25. The minimum absolute atomic E-state index is 0.0833. The first-order chi connectivity index (χ1) is 15.8. The molecule has 1 amide bonds.